The molecule has 0 bridgehead atoms. The van der Waals surface area contributed by atoms with Crippen molar-refractivity contribution in [3.8, 4) is 0 Å². The first kappa shape index (κ1) is 17.5. The van der Waals surface area contributed by atoms with Gasteiger partial charge in [-0.05, 0) is 36.1 Å². The zero-order valence-corrected chi connectivity index (χ0v) is 13.8. The van der Waals surface area contributed by atoms with Gasteiger partial charge in [0.25, 0.3) is 0 Å². The van der Waals surface area contributed by atoms with Crippen LogP contribution in [0.3, 0.4) is 0 Å². The number of carbonyl (C=O) groups excluding carboxylic acids is 1. The van der Waals surface area contributed by atoms with Gasteiger partial charge >= 0.3 is 12.1 Å². The minimum absolute atomic E-state index is 0.138. The molecule has 0 spiro atoms. The van der Waals surface area contributed by atoms with Gasteiger partial charge in [-0.3, -0.25) is 4.79 Å². The Balaban J connectivity index is 2.07. The molecule has 2 N–H and O–H groups in total. The molecule has 0 saturated carbocycles. The van der Waals surface area contributed by atoms with Crippen LogP contribution in [-0.2, 0) is 16.1 Å². The first-order valence-electron chi connectivity index (χ1n) is 7.72. The Hall–Kier alpha value is -2.82. The molecule has 0 heterocycles. The van der Waals surface area contributed by atoms with Gasteiger partial charge in [0.05, 0.1) is 12.5 Å². The Bertz CT molecular complexity index is 713. The molecule has 2 aromatic carbocycles. The van der Waals surface area contributed by atoms with Gasteiger partial charge in [-0.2, -0.15) is 0 Å². The molecule has 0 aliphatic rings. The van der Waals surface area contributed by atoms with E-state index in [1.54, 1.807) is 0 Å². The Kier molecular flexibility index (Phi) is 5.95. The van der Waals surface area contributed by atoms with Crippen LogP contribution < -0.4 is 5.32 Å². The van der Waals surface area contributed by atoms with Crippen molar-refractivity contribution >= 4 is 12.1 Å². The van der Waals surface area contributed by atoms with Crippen molar-refractivity contribution in [3.05, 3.63) is 70.8 Å². The highest BCUT2D eigenvalue weighted by Gasteiger charge is 2.21. The predicted octanol–water partition coefficient (Wildman–Crippen LogP) is 3.75. The van der Waals surface area contributed by atoms with Crippen molar-refractivity contribution in [2.45, 2.75) is 32.9 Å². The van der Waals surface area contributed by atoms with E-state index in [0.717, 1.165) is 22.3 Å². The fraction of sp³-hybridized carbons (Fsp3) is 0.263. The minimum atomic E-state index is -0.982. The highest BCUT2D eigenvalue weighted by atomic mass is 16.5. The number of aryl methyl sites for hydroxylation is 1. The zero-order chi connectivity index (χ0) is 17.5. The van der Waals surface area contributed by atoms with Crippen LogP contribution in [0, 0.1) is 13.8 Å². The summed E-state index contributed by atoms with van der Waals surface area (Å²) in [7, 11) is 0. The molecule has 5 nitrogen and oxygen atoms in total. The summed E-state index contributed by atoms with van der Waals surface area (Å²) < 4.78 is 5.19. The van der Waals surface area contributed by atoms with E-state index in [1.165, 1.54) is 0 Å². The van der Waals surface area contributed by atoms with E-state index in [0.29, 0.717) is 0 Å². The lowest BCUT2D eigenvalue weighted by atomic mass is 9.95. The maximum atomic E-state index is 12.1. The second kappa shape index (κ2) is 8.15. The number of amides is 1. The van der Waals surface area contributed by atoms with Gasteiger partial charge in [-0.1, -0.05) is 48.5 Å². The number of aliphatic carboxylic acids is 1. The molecule has 2 aromatic rings. The first-order valence-corrected chi connectivity index (χ1v) is 7.72. The number of benzene rings is 2. The van der Waals surface area contributed by atoms with Crippen LogP contribution in [0.2, 0.25) is 0 Å². The van der Waals surface area contributed by atoms with Crippen molar-refractivity contribution in [2.75, 3.05) is 0 Å². The van der Waals surface area contributed by atoms with Crippen molar-refractivity contribution in [1.82, 2.24) is 5.32 Å². The largest absolute Gasteiger partial charge is 0.481 e. The summed E-state index contributed by atoms with van der Waals surface area (Å²) in [4.78, 5) is 23.2. The highest BCUT2D eigenvalue weighted by molar-refractivity contribution is 5.72. The molecule has 0 aromatic heterocycles. The van der Waals surface area contributed by atoms with Crippen molar-refractivity contribution in [3.63, 3.8) is 0 Å². The van der Waals surface area contributed by atoms with Gasteiger partial charge in [0, 0.05) is 0 Å². The Morgan fingerprint density at radius 2 is 1.79 bits per heavy atom. The lowest BCUT2D eigenvalue weighted by Crippen LogP contribution is -2.31. The molecular formula is C19H21NO4. The molecule has 0 radical (unpaired) electrons. The molecule has 126 valence electrons. The number of alkyl carbamates (subject to hydrolysis) is 1. The number of rotatable bonds is 6. The normalized spacial score (nSPS) is 11.6. The van der Waals surface area contributed by atoms with E-state index in [1.807, 2.05) is 62.4 Å². The van der Waals surface area contributed by atoms with Gasteiger partial charge in [-0.25, -0.2) is 4.79 Å². The van der Waals surface area contributed by atoms with Crippen LogP contribution in [0.4, 0.5) is 4.79 Å². The zero-order valence-electron chi connectivity index (χ0n) is 13.8. The summed E-state index contributed by atoms with van der Waals surface area (Å²) in [5.41, 5.74) is 3.66. The highest BCUT2D eigenvalue weighted by Crippen LogP contribution is 2.23. The average Bonchev–Trinajstić information content (AvgIpc) is 2.55. The van der Waals surface area contributed by atoms with Gasteiger partial charge in [0.1, 0.15) is 6.61 Å². The van der Waals surface area contributed by atoms with E-state index >= 15 is 0 Å². The predicted molar refractivity (Wildman–Crippen MR) is 90.7 cm³/mol. The third-order valence-electron chi connectivity index (χ3n) is 3.91. The molecule has 0 aliphatic carbocycles. The van der Waals surface area contributed by atoms with Crippen LogP contribution in [0.1, 0.15) is 34.7 Å². The fourth-order valence-corrected chi connectivity index (χ4v) is 2.47. The number of hydrogen-bond donors (Lipinski definition) is 2. The van der Waals surface area contributed by atoms with Crippen LogP contribution in [-0.4, -0.2) is 17.2 Å². The van der Waals surface area contributed by atoms with Crippen LogP contribution in [0.25, 0.3) is 0 Å². The summed E-state index contributed by atoms with van der Waals surface area (Å²) in [6.45, 7) is 4.00. The Morgan fingerprint density at radius 1 is 1.08 bits per heavy atom. The van der Waals surface area contributed by atoms with Gasteiger partial charge < -0.3 is 15.2 Å². The number of nitrogens with one attached hydrogen (secondary N) is 1. The molecule has 24 heavy (non-hydrogen) atoms. The third-order valence-corrected chi connectivity index (χ3v) is 3.91. The molecule has 5 heteroatoms. The van der Waals surface area contributed by atoms with Crippen LogP contribution in [0.15, 0.2) is 48.5 Å². The van der Waals surface area contributed by atoms with E-state index in [-0.39, 0.29) is 13.0 Å². The summed E-state index contributed by atoms with van der Waals surface area (Å²) in [6.07, 6.45) is -0.837. The van der Waals surface area contributed by atoms with E-state index in [2.05, 4.69) is 5.32 Å². The summed E-state index contributed by atoms with van der Waals surface area (Å²) in [5.74, 6) is -0.982. The minimum Gasteiger partial charge on any atom is -0.481 e. The molecule has 1 unspecified atom stereocenters. The van der Waals surface area contributed by atoms with Crippen LogP contribution >= 0.6 is 0 Å². The molecule has 2 rings (SSSR count). The standard InChI is InChI=1S/C19H21NO4/c1-13-7-6-10-16(14(13)2)17(11-18(21)22)20-19(23)24-12-15-8-4-3-5-9-15/h3-10,17H,11-12H2,1-2H3,(H,20,23)(H,21,22). The lowest BCUT2D eigenvalue weighted by molar-refractivity contribution is -0.137. The molecule has 1 amide bonds. The molecule has 0 aliphatic heterocycles. The van der Waals surface area contributed by atoms with Gasteiger partial charge in [0.15, 0.2) is 0 Å². The second-order valence-electron chi connectivity index (χ2n) is 5.65. The first-order chi connectivity index (χ1) is 11.5. The number of hydrogen-bond acceptors (Lipinski definition) is 3. The second-order valence-corrected chi connectivity index (χ2v) is 5.65. The van der Waals surface area contributed by atoms with Crippen molar-refractivity contribution in [2.24, 2.45) is 0 Å². The number of carboxylic acid groups (broad SMARTS) is 1. The number of carboxylic acids is 1. The maximum Gasteiger partial charge on any atom is 0.407 e. The summed E-state index contributed by atoms with van der Waals surface area (Å²) in [6, 6.07) is 14.3. The smallest absolute Gasteiger partial charge is 0.407 e. The Labute approximate surface area is 141 Å². The van der Waals surface area contributed by atoms with Crippen molar-refractivity contribution in [1.29, 1.82) is 0 Å². The van der Waals surface area contributed by atoms with Gasteiger partial charge in [-0.15, -0.1) is 0 Å². The quantitative estimate of drug-likeness (QED) is 0.847. The average molecular weight is 327 g/mol. The molecule has 0 fully saturated rings. The topological polar surface area (TPSA) is 75.6 Å². The van der Waals surface area contributed by atoms with E-state index in [4.69, 9.17) is 9.84 Å². The van der Waals surface area contributed by atoms with Gasteiger partial charge in [0.2, 0.25) is 0 Å². The molecular weight excluding hydrogens is 306 g/mol. The summed E-state index contributed by atoms with van der Waals surface area (Å²) in [5, 5.41) is 11.8. The molecule has 1 atom stereocenters. The number of carbonyl (C=O) groups is 2. The maximum absolute atomic E-state index is 12.1. The van der Waals surface area contributed by atoms with Crippen molar-refractivity contribution < 1.29 is 19.4 Å². The number of ether oxygens (including phenoxy) is 1. The third kappa shape index (κ3) is 4.84. The van der Waals surface area contributed by atoms with E-state index < -0.39 is 18.1 Å². The summed E-state index contributed by atoms with van der Waals surface area (Å²) >= 11 is 0. The Morgan fingerprint density at radius 3 is 2.46 bits per heavy atom. The van der Waals surface area contributed by atoms with E-state index in [9.17, 15) is 9.59 Å². The SMILES string of the molecule is Cc1cccc(C(CC(=O)O)NC(=O)OCc2ccccc2)c1C. The lowest BCUT2D eigenvalue weighted by Gasteiger charge is -2.20. The molecule has 0 saturated heterocycles. The fourth-order valence-electron chi connectivity index (χ4n) is 2.47. The monoisotopic (exact) mass is 327 g/mol. The van der Waals surface area contributed by atoms with Crippen LogP contribution in [0.5, 0.6) is 0 Å².